The molecule has 0 saturated heterocycles. The van der Waals surface area contributed by atoms with Gasteiger partial charge in [-0.3, -0.25) is 0 Å². The van der Waals surface area contributed by atoms with Gasteiger partial charge < -0.3 is 0 Å². The molecular formula is C23H26N4O2S3. The lowest BCUT2D eigenvalue weighted by molar-refractivity contribution is 0.580. The lowest BCUT2D eigenvalue weighted by Gasteiger charge is -2.19. The van der Waals surface area contributed by atoms with E-state index in [2.05, 4.69) is 41.5 Å². The topological polar surface area (TPSA) is 95.7 Å². The molecule has 9 heteroatoms. The highest BCUT2D eigenvalue weighted by Crippen LogP contribution is 2.29. The Balaban J connectivity index is 1.65. The van der Waals surface area contributed by atoms with Crippen molar-refractivity contribution >= 4 is 33.1 Å². The molecule has 168 valence electrons. The molecule has 3 rings (SSSR count). The van der Waals surface area contributed by atoms with Gasteiger partial charge in [0.05, 0.1) is 21.2 Å². The maximum Gasteiger partial charge on any atom is 0.240 e. The lowest BCUT2D eigenvalue weighted by atomic mass is 9.87. The second kappa shape index (κ2) is 9.71. The van der Waals surface area contributed by atoms with Crippen LogP contribution in [0.3, 0.4) is 0 Å². The molecule has 2 aromatic heterocycles. The molecule has 0 bridgehead atoms. The molecule has 32 heavy (non-hydrogen) atoms. The largest absolute Gasteiger partial charge is 0.245 e. The van der Waals surface area contributed by atoms with E-state index in [0.29, 0.717) is 16.3 Å². The molecule has 0 spiro atoms. The quantitative estimate of drug-likeness (QED) is 0.370. The van der Waals surface area contributed by atoms with Gasteiger partial charge in [-0.1, -0.05) is 32.9 Å². The molecule has 0 aliphatic rings. The summed E-state index contributed by atoms with van der Waals surface area (Å²) in [5.74, 6) is 0.454. The summed E-state index contributed by atoms with van der Waals surface area (Å²) in [5, 5.41) is 13.1. The van der Waals surface area contributed by atoms with Gasteiger partial charge in [0.15, 0.2) is 0 Å². The van der Waals surface area contributed by atoms with Crippen LogP contribution in [0.1, 0.15) is 42.6 Å². The maximum atomic E-state index is 12.6. The number of aryl methyl sites for hydroxylation is 2. The Labute approximate surface area is 198 Å². The van der Waals surface area contributed by atoms with E-state index in [9.17, 15) is 13.7 Å². The fourth-order valence-corrected chi connectivity index (χ4v) is 5.69. The Kier molecular flexibility index (Phi) is 7.40. The van der Waals surface area contributed by atoms with Crippen LogP contribution in [0.5, 0.6) is 0 Å². The van der Waals surface area contributed by atoms with E-state index >= 15 is 0 Å². The third kappa shape index (κ3) is 5.75. The third-order valence-electron chi connectivity index (χ3n) is 4.86. The van der Waals surface area contributed by atoms with Gasteiger partial charge in [-0.15, -0.1) is 23.1 Å². The molecule has 0 fully saturated rings. The van der Waals surface area contributed by atoms with Crippen LogP contribution >= 0.6 is 23.1 Å². The van der Waals surface area contributed by atoms with Crippen molar-refractivity contribution in [2.45, 2.75) is 50.0 Å². The summed E-state index contributed by atoms with van der Waals surface area (Å²) in [4.78, 5) is 9.31. The van der Waals surface area contributed by atoms with Crippen molar-refractivity contribution in [3.8, 4) is 17.3 Å². The van der Waals surface area contributed by atoms with Crippen LogP contribution in [0.4, 0.5) is 0 Å². The van der Waals surface area contributed by atoms with Crippen molar-refractivity contribution in [3.63, 3.8) is 0 Å². The van der Waals surface area contributed by atoms with Gasteiger partial charge in [0.2, 0.25) is 10.0 Å². The Morgan fingerprint density at radius 3 is 2.41 bits per heavy atom. The van der Waals surface area contributed by atoms with Gasteiger partial charge in [0.1, 0.15) is 11.1 Å². The van der Waals surface area contributed by atoms with Crippen LogP contribution in [-0.2, 0) is 15.4 Å². The summed E-state index contributed by atoms with van der Waals surface area (Å²) in [7, 11) is -3.60. The SMILES string of the molecule is Cc1nc(-c2cc(C#N)c(SCCNS(=O)(=O)c3ccc(C(C)(C)C)cc3)nc2C)cs1. The van der Waals surface area contributed by atoms with Gasteiger partial charge in [-0.25, -0.2) is 23.1 Å². The number of thioether (sulfide) groups is 1. The Morgan fingerprint density at radius 1 is 1.16 bits per heavy atom. The van der Waals surface area contributed by atoms with Gasteiger partial charge >= 0.3 is 0 Å². The zero-order chi connectivity index (χ0) is 23.5. The molecule has 0 saturated carbocycles. The van der Waals surface area contributed by atoms with Crippen LogP contribution in [-0.4, -0.2) is 30.7 Å². The minimum Gasteiger partial charge on any atom is -0.245 e. The summed E-state index contributed by atoms with van der Waals surface area (Å²) >= 11 is 2.91. The zero-order valence-electron chi connectivity index (χ0n) is 18.8. The minimum absolute atomic E-state index is 0.0379. The number of benzene rings is 1. The van der Waals surface area contributed by atoms with Crippen molar-refractivity contribution in [1.29, 1.82) is 5.26 Å². The molecule has 0 unspecified atom stereocenters. The van der Waals surface area contributed by atoms with Crippen molar-refractivity contribution < 1.29 is 8.42 Å². The summed E-state index contributed by atoms with van der Waals surface area (Å²) in [6, 6.07) is 11.0. The number of hydrogen-bond acceptors (Lipinski definition) is 7. The molecule has 3 aromatic rings. The fourth-order valence-electron chi connectivity index (χ4n) is 3.06. The Morgan fingerprint density at radius 2 is 1.84 bits per heavy atom. The van der Waals surface area contributed by atoms with Crippen LogP contribution in [0.25, 0.3) is 11.3 Å². The van der Waals surface area contributed by atoms with Crippen LogP contribution in [0.2, 0.25) is 0 Å². The van der Waals surface area contributed by atoms with Gasteiger partial charge in [-0.05, 0) is 43.0 Å². The molecule has 0 radical (unpaired) electrons. The molecule has 1 N–H and O–H groups in total. The first-order valence-corrected chi connectivity index (χ1v) is 13.4. The van der Waals surface area contributed by atoms with Crippen LogP contribution in [0.15, 0.2) is 45.6 Å². The van der Waals surface area contributed by atoms with E-state index in [-0.39, 0.29) is 16.9 Å². The van der Waals surface area contributed by atoms with Crippen molar-refractivity contribution in [2.75, 3.05) is 12.3 Å². The third-order valence-corrected chi connectivity index (χ3v) is 8.10. The molecule has 2 heterocycles. The first-order valence-electron chi connectivity index (χ1n) is 10.1. The number of hydrogen-bond donors (Lipinski definition) is 1. The summed E-state index contributed by atoms with van der Waals surface area (Å²) in [6.45, 7) is 10.3. The van der Waals surface area contributed by atoms with Crippen molar-refractivity contribution in [2.24, 2.45) is 0 Å². The predicted molar refractivity (Wildman–Crippen MR) is 131 cm³/mol. The smallest absolute Gasteiger partial charge is 0.240 e. The summed E-state index contributed by atoms with van der Waals surface area (Å²) < 4.78 is 27.8. The average molecular weight is 487 g/mol. The van der Waals surface area contributed by atoms with Gasteiger partial charge in [0.25, 0.3) is 0 Å². The van der Waals surface area contributed by atoms with Crippen LogP contribution in [0, 0.1) is 25.2 Å². The maximum absolute atomic E-state index is 12.6. The molecule has 0 amide bonds. The highest BCUT2D eigenvalue weighted by Gasteiger charge is 2.18. The van der Waals surface area contributed by atoms with E-state index in [1.165, 1.54) is 11.8 Å². The number of rotatable bonds is 7. The van der Waals surface area contributed by atoms with E-state index in [1.807, 2.05) is 31.4 Å². The van der Waals surface area contributed by atoms with Crippen molar-refractivity contribution in [3.05, 3.63) is 57.5 Å². The van der Waals surface area contributed by atoms with E-state index in [1.54, 1.807) is 29.5 Å². The highest BCUT2D eigenvalue weighted by molar-refractivity contribution is 7.99. The van der Waals surface area contributed by atoms with Crippen LogP contribution < -0.4 is 4.72 Å². The van der Waals surface area contributed by atoms with E-state index in [0.717, 1.165) is 27.5 Å². The summed E-state index contributed by atoms with van der Waals surface area (Å²) in [6.07, 6.45) is 0. The second-order valence-corrected chi connectivity index (χ2v) is 12.3. The number of nitriles is 1. The number of aromatic nitrogens is 2. The highest BCUT2D eigenvalue weighted by atomic mass is 32.2. The molecule has 6 nitrogen and oxygen atoms in total. The molecule has 0 aliphatic heterocycles. The van der Waals surface area contributed by atoms with Gasteiger partial charge in [-0.2, -0.15) is 5.26 Å². The molecule has 1 aromatic carbocycles. The van der Waals surface area contributed by atoms with Crippen molar-refractivity contribution in [1.82, 2.24) is 14.7 Å². The normalized spacial score (nSPS) is 12.0. The number of pyridine rings is 1. The Bertz CT molecular complexity index is 1250. The summed E-state index contributed by atoms with van der Waals surface area (Å²) in [5.41, 5.74) is 3.95. The molecule has 0 atom stereocenters. The predicted octanol–water partition coefficient (Wildman–Crippen LogP) is 5.06. The minimum atomic E-state index is -3.60. The Hall–Kier alpha value is -2.25. The van der Waals surface area contributed by atoms with E-state index in [4.69, 9.17) is 0 Å². The van der Waals surface area contributed by atoms with Gasteiger partial charge in [0, 0.05) is 28.9 Å². The zero-order valence-corrected chi connectivity index (χ0v) is 21.2. The number of nitrogens with one attached hydrogen (secondary N) is 1. The molecular weight excluding hydrogens is 460 g/mol. The first-order chi connectivity index (χ1) is 15.0. The second-order valence-electron chi connectivity index (χ2n) is 8.36. The monoisotopic (exact) mass is 486 g/mol. The molecule has 0 aliphatic carbocycles. The first kappa shape index (κ1) is 24.4. The lowest BCUT2D eigenvalue weighted by Crippen LogP contribution is -2.26. The number of thiazole rings is 1. The number of sulfonamides is 1. The standard InChI is InChI=1S/C23H26N4O2S3/c1-15-20(21-14-31-16(2)27-21)12-17(13-24)22(26-15)30-11-10-25-32(28,29)19-8-6-18(7-9-19)23(3,4)5/h6-9,12,14,25H,10-11H2,1-5H3. The van der Waals surface area contributed by atoms with E-state index < -0.39 is 10.0 Å². The average Bonchev–Trinajstić information content (AvgIpc) is 3.16. The number of nitrogens with zero attached hydrogens (tertiary/aromatic N) is 3. The fraction of sp³-hybridized carbons (Fsp3) is 0.348.